The Morgan fingerprint density at radius 2 is 1.97 bits per heavy atom. The number of amides is 1. The van der Waals surface area contributed by atoms with E-state index < -0.39 is 11.5 Å². The second-order valence-corrected chi connectivity index (χ2v) is 6.56. The summed E-state index contributed by atoms with van der Waals surface area (Å²) in [5.41, 5.74) is 2.04. The van der Waals surface area contributed by atoms with Crippen LogP contribution >= 0.6 is 0 Å². The zero-order valence-corrected chi connectivity index (χ0v) is 16.5. The van der Waals surface area contributed by atoms with Crippen LogP contribution in [0.5, 0.6) is 5.75 Å². The fourth-order valence-electron chi connectivity index (χ4n) is 3.00. The van der Waals surface area contributed by atoms with Gasteiger partial charge in [0.2, 0.25) is 0 Å². The van der Waals surface area contributed by atoms with Crippen LogP contribution in [-0.2, 0) is 13.0 Å². The van der Waals surface area contributed by atoms with Crippen LogP contribution in [0.1, 0.15) is 33.0 Å². The van der Waals surface area contributed by atoms with Crippen molar-refractivity contribution in [3.63, 3.8) is 0 Å². The van der Waals surface area contributed by atoms with Gasteiger partial charge in [-0.05, 0) is 37.6 Å². The summed E-state index contributed by atoms with van der Waals surface area (Å²) < 4.78 is 6.31. The minimum Gasteiger partial charge on any atom is -0.497 e. The van der Waals surface area contributed by atoms with E-state index in [1.54, 1.807) is 27.0 Å². The molecule has 1 amide bonds. The Morgan fingerprint density at radius 1 is 1.24 bits per heavy atom. The number of methoxy groups -OCH3 is 1. The molecule has 9 nitrogen and oxygen atoms in total. The Labute approximate surface area is 167 Å². The van der Waals surface area contributed by atoms with Crippen LogP contribution in [0.15, 0.2) is 35.1 Å². The summed E-state index contributed by atoms with van der Waals surface area (Å²) in [5, 5.41) is 14.9. The molecule has 1 aromatic carbocycles. The molecule has 2 heterocycles. The lowest BCUT2D eigenvalue weighted by Crippen LogP contribution is -2.25. The largest absolute Gasteiger partial charge is 0.497 e. The number of aliphatic hydroxyl groups is 1. The molecule has 9 heteroatoms. The highest BCUT2D eigenvalue weighted by Gasteiger charge is 2.21. The third-order valence-corrected chi connectivity index (χ3v) is 4.33. The molecule has 0 bridgehead atoms. The number of H-pyrrole nitrogens is 1. The molecule has 152 valence electrons. The van der Waals surface area contributed by atoms with E-state index in [2.05, 4.69) is 20.4 Å². The summed E-state index contributed by atoms with van der Waals surface area (Å²) in [5.74, 6) is 0.374. The summed E-state index contributed by atoms with van der Waals surface area (Å²) in [4.78, 5) is 34.1. The molecule has 3 aromatic rings. The lowest BCUT2D eigenvalue weighted by Gasteiger charge is -2.07. The number of aromatic nitrogens is 4. The second-order valence-electron chi connectivity index (χ2n) is 6.56. The number of carbonyl (C=O) groups excluding carboxylic acids is 1. The maximum absolute atomic E-state index is 12.8. The standard InChI is InChI=1S/C20H23N5O4/c1-12-9-13(2)23-20(22-12)25-19(28)16(7-8-26)17(24-25)18(27)21-11-14-5-4-6-15(10-14)29-3/h4-6,9-10,24,26H,7-8,11H2,1-3H3,(H,21,27). The second kappa shape index (κ2) is 8.70. The summed E-state index contributed by atoms with van der Waals surface area (Å²) >= 11 is 0. The van der Waals surface area contributed by atoms with E-state index in [9.17, 15) is 14.7 Å². The van der Waals surface area contributed by atoms with Gasteiger partial charge < -0.3 is 15.2 Å². The van der Waals surface area contributed by atoms with E-state index in [0.717, 1.165) is 10.2 Å². The highest BCUT2D eigenvalue weighted by atomic mass is 16.5. The molecular formula is C20H23N5O4. The minimum absolute atomic E-state index is 0.0368. The van der Waals surface area contributed by atoms with Gasteiger partial charge in [0.25, 0.3) is 17.4 Å². The number of carbonyl (C=O) groups is 1. The van der Waals surface area contributed by atoms with Crippen LogP contribution in [0, 0.1) is 13.8 Å². The van der Waals surface area contributed by atoms with Crippen LogP contribution in [0.2, 0.25) is 0 Å². The zero-order chi connectivity index (χ0) is 21.0. The Bertz CT molecular complexity index is 1070. The Morgan fingerprint density at radius 3 is 2.62 bits per heavy atom. The fourth-order valence-corrected chi connectivity index (χ4v) is 3.00. The van der Waals surface area contributed by atoms with Crippen molar-refractivity contribution in [2.24, 2.45) is 0 Å². The smallest absolute Gasteiger partial charge is 0.277 e. The quantitative estimate of drug-likeness (QED) is 0.548. The molecule has 0 saturated carbocycles. The molecule has 0 aliphatic heterocycles. The number of benzene rings is 1. The first kappa shape index (κ1) is 20.3. The molecule has 3 N–H and O–H groups in total. The molecule has 3 rings (SSSR count). The van der Waals surface area contributed by atoms with Gasteiger partial charge in [0.1, 0.15) is 11.4 Å². The Balaban J connectivity index is 1.91. The van der Waals surface area contributed by atoms with Crippen molar-refractivity contribution < 1.29 is 14.6 Å². The van der Waals surface area contributed by atoms with Gasteiger partial charge in [-0.3, -0.25) is 14.7 Å². The summed E-state index contributed by atoms with van der Waals surface area (Å²) in [7, 11) is 1.57. The van der Waals surface area contributed by atoms with E-state index >= 15 is 0 Å². The average molecular weight is 397 g/mol. The normalized spacial score (nSPS) is 10.8. The van der Waals surface area contributed by atoms with Crippen LogP contribution < -0.4 is 15.6 Å². The number of nitrogens with zero attached hydrogens (tertiary/aromatic N) is 3. The molecule has 0 atom stereocenters. The predicted octanol–water partition coefficient (Wildman–Crippen LogP) is 1.05. The van der Waals surface area contributed by atoms with Crippen molar-refractivity contribution in [1.82, 2.24) is 25.1 Å². The first-order valence-corrected chi connectivity index (χ1v) is 9.11. The van der Waals surface area contributed by atoms with Crippen molar-refractivity contribution in [2.45, 2.75) is 26.8 Å². The number of aryl methyl sites for hydroxylation is 2. The van der Waals surface area contributed by atoms with E-state index in [0.29, 0.717) is 17.1 Å². The molecule has 0 spiro atoms. The van der Waals surface area contributed by atoms with Gasteiger partial charge in [-0.25, -0.2) is 9.97 Å². The average Bonchev–Trinajstić information content (AvgIpc) is 3.02. The molecule has 0 saturated heterocycles. The van der Waals surface area contributed by atoms with Crippen molar-refractivity contribution in [2.75, 3.05) is 13.7 Å². The van der Waals surface area contributed by atoms with Gasteiger partial charge in [-0.1, -0.05) is 12.1 Å². The summed E-state index contributed by atoms with van der Waals surface area (Å²) in [6.45, 7) is 3.57. The molecule has 0 fully saturated rings. The lowest BCUT2D eigenvalue weighted by atomic mass is 10.1. The predicted molar refractivity (Wildman–Crippen MR) is 106 cm³/mol. The molecular weight excluding hydrogens is 374 g/mol. The summed E-state index contributed by atoms with van der Waals surface area (Å²) in [6.07, 6.45) is 0.0368. The molecule has 2 aromatic heterocycles. The highest BCUT2D eigenvalue weighted by Crippen LogP contribution is 2.13. The molecule has 0 aliphatic carbocycles. The lowest BCUT2D eigenvalue weighted by molar-refractivity contribution is 0.0944. The van der Waals surface area contributed by atoms with E-state index in [1.807, 2.05) is 24.3 Å². The number of aliphatic hydroxyl groups excluding tert-OH is 1. The van der Waals surface area contributed by atoms with Crippen LogP contribution in [-0.4, -0.2) is 44.5 Å². The number of ether oxygens (including phenoxy) is 1. The molecule has 29 heavy (non-hydrogen) atoms. The monoisotopic (exact) mass is 397 g/mol. The van der Waals surface area contributed by atoms with Gasteiger partial charge in [0.05, 0.1) is 12.7 Å². The van der Waals surface area contributed by atoms with E-state index in [4.69, 9.17) is 4.74 Å². The van der Waals surface area contributed by atoms with Gasteiger partial charge in [-0.15, -0.1) is 0 Å². The van der Waals surface area contributed by atoms with E-state index in [1.165, 1.54) is 0 Å². The molecule has 0 aliphatic rings. The Hall–Kier alpha value is -3.46. The number of rotatable bonds is 7. The van der Waals surface area contributed by atoms with Gasteiger partial charge in [0.15, 0.2) is 0 Å². The van der Waals surface area contributed by atoms with Gasteiger partial charge in [0, 0.05) is 31.0 Å². The van der Waals surface area contributed by atoms with Crippen LogP contribution in [0.25, 0.3) is 5.95 Å². The third kappa shape index (κ3) is 4.52. The van der Waals surface area contributed by atoms with Crippen molar-refractivity contribution in [1.29, 1.82) is 0 Å². The Kier molecular flexibility index (Phi) is 6.08. The SMILES string of the molecule is COc1cccc(CNC(=O)c2[nH]n(-c3nc(C)cc(C)n3)c(=O)c2CCO)c1. The first-order valence-electron chi connectivity index (χ1n) is 9.11. The van der Waals surface area contributed by atoms with Gasteiger partial charge >= 0.3 is 0 Å². The zero-order valence-electron chi connectivity index (χ0n) is 16.5. The van der Waals surface area contributed by atoms with Crippen molar-refractivity contribution in [3.8, 4) is 11.7 Å². The first-order chi connectivity index (χ1) is 13.9. The molecule has 0 radical (unpaired) electrons. The van der Waals surface area contributed by atoms with Crippen LogP contribution in [0.4, 0.5) is 0 Å². The molecule has 0 unspecified atom stereocenters. The number of nitrogens with one attached hydrogen (secondary N) is 2. The van der Waals surface area contributed by atoms with Crippen molar-refractivity contribution in [3.05, 3.63) is 68.9 Å². The number of hydrogen-bond acceptors (Lipinski definition) is 6. The maximum Gasteiger partial charge on any atom is 0.277 e. The van der Waals surface area contributed by atoms with Crippen molar-refractivity contribution >= 4 is 5.91 Å². The van der Waals surface area contributed by atoms with E-state index in [-0.39, 0.29) is 36.8 Å². The topological polar surface area (TPSA) is 122 Å². The number of aromatic amines is 1. The highest BCUT2D eigenvalue weighted by molar-refractivity contribution is 5.93. The fraction of sp³-hybridized carbons (Fsp3) is 0.300. The van der Waals surface area contributed by atoms with Crippen LogP contribution in [0.3, 0.4) is 0 Å². The minimum atomic E-state index is -0.462. The number of hydrogen-bond donors (Lipinski definition) is 3. The maximum atomic E-state index is 12.8. The third-order valence-electron chi connectivity index (χ3n) is 4.33. The van der Waals surface area contributed by atoms with Gasteiger partial charge in [-0.2, -0.15) is 4.68 Å². The summed E-state index contributed by atoms with van der Waals surface area (Å²) in [6, 6.07) is 9.09.